The number of hydrogen-bond acceptors (Lipinski definition) is 2. The van der Waals surface area contributed by atoms with Gasteiger partial charge in [0.1, 0.15) is 0 Å². The van der Waals surface area contributed by atoms with Crippen molar-refractivity contribution in [2.24, 2.45) is 23.5 Å². The summed E-state index contributed by atoms with van der Waals surface area (Å²) in [4.78, 5) is 0. The third-order valence-electron chi connectivity index (χ3n) is 3.63. The fourth-order valence-corrected chi connectivity index (χ4v) is 3.13. The highest BCUT2D eigenvalue weighted by molar-refractivity contribution is 5.07. The first-order valence-corrected chi connectivity index (χ1v) is 4.23. The van der Waals surface area contributed by atoms with Crippen LogP contribution in [0.1, 0.15) is 12.8 Å². The third-order valence-corrected chi connectivity index (χ3v) is 3.63. The lowest BCUT2D eigenvalue weighted by atomic mass is 9.87. The van der Waals surface area contributed by atoms with Gasteiger partial charge < -0.3 is 10.5 Å². The Hall–Kier alpha value is -0.0800. The van der Waals surface area contributed by atoms with Crippen LogP contribution < -0.4 is 5.73 Å². The van der Waals surface area contributed by atoms with E-state index in [2.05, 4.69) is 0 Å². The van der Waals surface area contributed by atoms with Crippen molar-refractivity contribution in [3.8, 4) is 0 Å². The van der Waals surface area contributed by atoms with Crippen molar-refractivity contribution >= 4 is 0 Å². The second-order valence-electron chi connectivity index (χ2n) is 4.03. The second-order valence-corrected chi connectivity index (χ2v) is 4.03. The van der Waals surface area contributed by atoms with Gasteiger partial charge in [-0.25, -0.2) is 0 Å². The van der Waals surface area contributed by atoms with Crippen molar-refractivity contribution in [2.45, 2.75) is 25.0 Å². The molecule has 3 aliphatic rings. The molecule has 0 radical (unpaired) electrons. The molecular weight excluding hydrogens is 126 g/mol. The molecule has 1 saturated heterocycles. The van der Waals surface area contributed by atoms with Crippen LogP contribution in [0.15, 0.2) is 0 Å². The maximum atomic E-state index is 5.98. The first-order chi connectivity index (χ1) is 4.86. The predicted molar refractivity (Wildman–Crippen MR) is 37.4 cm³/mol. The highest BCUT2D eigenvalue weighted by Crippen LogP contribution is 2.52. The highest BCUT2D eigenvalue weighted by Gasteiger charge is 2.55. The maximum Gasteiger partial charge on any atom is 0.0760 e. The van der Waals surface area contributed by atoms with E-state index in [-0.39, 0.29) is 0 Å². The Morgan fingerprint density at radius 3 is 2.80 bits per heavy atom. The van der Waals surface area contributed by atoms with E-state index in [4.69, 9.17) is 10.5 Å². The van der Waals surface area contributed by atoms with E-state index >= 15 is 0 Å². The van der Waals surface area contributed by atoms with E-state index in [1.165, 1.54) is 12.8 Å². The van der Waals surface area contributed by atoms with Gasteiger partial charge in [0.05, 0.1) is 12.7 Å². The Balaban J connectivity index is 2.00. The lowest BCUT2D eigenvalue weighted by Gasteiger charge is -2.22. The van der Waals surface area contributed by atoms with E-state index in [0.29, 0.717) is 12.1 Å². The molecule has 0 aromatic rings. The average molecular weight is 139 g/mol. The molecule has 0 aromatic carbocycles. The van der Waals surface area contributed by atoms with Crippen molar-refractivity contribution in [3.63, 3.8) is 0 Å². The summed E-state index contributed by atoms with van der Waals surface area (Å²) < 4.78 is 5.62. The largest absolute Gasteiger partial charge is 0.376 e. The quantitative estimate of drug-likeness (QED) is 0.526. The highest BCUT2D eigenvalue weighted by atomic mass is 16.5. The predicted octanol–water partition coefficient (Wildman–Crippen LogP) is 0.368. The zero-order valence-corrected chi connectivity index (χ0v) is 5.99. The summed E-state index contributed by atoms with van der Waals surface area (Å²) in [5.41, 5.74) is 5.98. The third kappa shape index (κ3) is 0.453. The molecule has 2 aliphatic carbocycles. The molecule has 2 saturated carbocycles. The molecule has 0 amide bonds. The maximum absolute atomic E-state index is 5.98. The Kier molecular flexibility index (Phi) is 0.868. The second kappa shape index (κ2) is 1.56. The number of rotatable bonds is 0. The molecule has 56 valence electrons. The molecule has 2 N–H and O–H groups in total. The van der Waals surface area contributed by atoms with Gasteiger partial charge in [0.25, 0.3) is 0 Å². The molecule has 3 fully saturated rings. The van der Waals surface area contributed by atoms with Gasteiger partial charge in [0, 0.05) is 6.04 Å². The monoisotopic (exact) mass is 139 g/mol. The Labute approximate surface area is 60.7 Å². The van der Waals surface area contributed by atoms with E-state index < -0.39 is 0 Å². The number of fused-ring (bicyclic) bond motifs is 1. The summed E-state index contributed by atoms with van der Waals surface area (Å²) in [5, 5.41) is 0. The number of ether oxygens (including phenoxy) is 1. The summed E-state index contributed by atoms with van der Waals surface area (Å²) in [6.07, 6.45) is 3.16. The first kappa shape index (κ1) is 5.56. The lowest BCUT2D eigenvalue weighted by molar-refractivity contribution is 0.0879. The standard InChI is InChI=1S/C8H13NO/c9-7-4-1-5-3-10-8(7)6(5)2-4/h4-8H,1-3,9H2/t4-,5+,6-,7+,8+/m0/s1. The van der Waals surface area contributed by atoms with Crippen molar-refractivity contribution in [1.82, 2.24) is 0 Å². The van der Waals surface area contributed by atoms with E-state index in [1.807, 2.05) is 0 Å². The van der Waals surface area contributed by atoms with Crippen molar-refractivity contribution in [1.29, 1.82) is 0 Å². The number of hydrogen-bond donors (Lipinski definition) is 1. The van der Waals surface area contributed by atoms with E-state index in [1.54, 1.807) is 0 Å². The summed E-state index contributed by atoms with van der Waals surface area (Å²) in [6, 6.07) is 0.378. The van der Waals surface area contributed by atoms with Gasteiger partial charge in [-0.15, -0.1) is 0 Å². The zero-order valence-electron chi connectivity index (χ0n) is 5.99. The van der Waals surface area contributed by atoms with Crippen LogP contribution in [-0.4, -0.2) is 18.8 Å². The molecule has 0 unspecified atom stereocenters. The van der Waals surface area contributed by atoms with Gasteiger partial charge in [-0.1, -0.05) is 0 Å². The fraction of sp³-hybridized carbons (Fsp3) is 1.00. The van der Waals surface area contributed by atoms with E-state index in [9.17, 15) is 0 Å². The van der Waals surface area contributed by atoms with Gasteiger partial charge >= 0.3 is 0 Å². The molecule has 1 aliphatic heterocycles. The van der Waals surface area contributed by atoms with Crippen molar-refractivity contribution < 1.29 is 4.74 Å². The van der Waals surface area contributed by atoms with Crippen LogP contribution in [0.4, 0.5) is 0 Å². The topological polar surface area (TPSA) is 35.2 Å². The van der Waals surface area contributed by atoms with Gasteiger partial charge in [0.2, 0.25) is 0 Å². The van der Waals surface area contributed by atoms with Crippen LogP contribution in [0, 0.1) is 17.8 Å². The van der Waals surface area contributed by atoms with Crippen LogP contribution in [0.3, 0.4) is 0 Å². The molecule has 10 heavy (non-hydrogen) atoms. The first-order valence-electron chi connectivity index (χ1n) is 4.23. The molecule has 5 atom stereocenters. The molecule has 2 nitrogen and oxygen atoms in total. The van der Waals surface area contributed by atoms with Crippen LogP contribution in [0.5, 0.6) is 0 Å². The van der Waals surface area contributed by atoms with Crippen molar-refractivity contribution in [2.75, 3.05) is 6.61 Å². The molecular formula is C8H13NO. The lowest BCUT2D eigenvalue weighted by Crippen LogP contribution is -2.39. The number of nitrogens with two attached hydrogens (primary N) is 1. The summed E-state index contributed by atoms with van der Waals surface area (Å²) in [5.74, 6) is 2.54. The zero-order chi connectivity index (χ0) is 6.72. The van der Waals surface area contributed by atoms with Gasteiger partial charge in [-0.3, -0.25) is 0 Å². The Bertz CT molecular complexity index is 169. The molecule has 1 heterocycles. The van der Waals surface area contributed by atoms with Gasteiger partial charge in [-0.2, -0.15) is 0 Å². The summed E-state index contributed by atoms with van der Waals surface area (Å²) in [6.45, 7) is 1.000. The molecule has 3 rings (SSSR count). The van der Waals surface area contributed by atoms with Crippen molar-refractivity contribution in [3.05, 3.63) is 0 Å². The van der Waals surface area contributed by atoms with Crippen LogP contribution >= 0.6 is 0 Å². The Morgan fingerprint density at radius 1 is 1.20 bits per heavy atom. The van der Waals surface area contributed by atoms with Gasteiger partial charge in [-0.05, 0) is 30.6 Å². The van der Waals surface area contributed by atoms with Crippen LogP contribution in [0.25, 0.3) is 0 Å². The molecule has 0 aromatic heterocycles. The Morgan fingerprint density at radius 2 is 2.10 bits per heavy atom. The average Bonchev–Trinajstić information content (AvgIpc) is 2.43. The molecule has 0 spiro atoms. The van der Waals surface area contributed by atoms with Crippen LogP contribution in [0.2, 0.25) is 0 Å². The molecule has 2 heteroatoms. The van der Waals surface area contributed by atoms with Crippen LogP contribution in [-0.2, 0) is 4.74 Å². The summed E-state index contributed by atoms with van der Waals surface area (Å²) in [7, 11) is 0. The van der Waals surface area contributed by atoms with Gasteiger partial charge in [0.15, 0.2) is 0 Å². The minimum absolute atomic E-state index is 0.378. The summed E-state index contributed by atoms with van der Waals surface area (Å²) >= 11 is 0. The minimum Gasteiger partial charge on any atom is -0.376 e. The fourth-order valence-electron chi connectivity index (χ4n) is 3.13. The molecule has 2 bridgehead atoms. The SMILES string of the molecule is N[C@@H]1[C@H]2C[C@@H]3CO[C@@H]1[C@H]3C2. The minimum atomic E-state index is 0.378. The van der Waals surface area contributed by atoms with E-state index in [0.717, 1.165) is 24.4 Å². The normalized spacial score (nSPS) is 63.9. The smallest absolute Gasteiger partial charge is 0.0760 e.